The average molecular weight is 916 g/mol. The van der Waals surface area contributed by atoms with Crippen molar-refractivity contribution in [3.63, 3.8) is 0 Å². The number of nitrogens with zero attached hydrogens (tertiary/aromatic N) is 8. The van der Waals surface area contributed by atoms with Crippen molar-refractivity contribution in [3.05, 3.63) is 23.2 Å². The normalized spacial score (nSPS) is 30.7. The van der Waals surface area contributed by atoms with E-state index in [9.17, 15) is 15.0 Å². The monoisotopic (exact) mass is 914 g/mol. The molecule has 4 aromatic rings. The second-order valence-electron chi connectivity index (χ2n) is 18.1. The SMILES string of the molecule is CC(C)(C)[C@]1(CO)O[C@@H](n2cnc3c(SC4CCCC4)nc(Cl)nc32)[C@@H](F)[C@@H]1OC(=O)O[C@H]1[C@H](F)[C@H](n2cnc3c(SC4CCCC4)nc(Cl)nc32)O[C@@]1(CO)C(C)(C)C. The number of hydrogen-bond acceptors (Lipinski definition) is 15. The van der Waals surface area contributed by atoms with Gasteiger partial charge in [-0.3, -0.25) is 9.13 Å². The van der Waals surface area contributed by atoms with E-state index in [1.165, 1.54) is 21.8 Å². The number of aliphatic hydroxyl groups excluding tert-OH is 2. The summed E-state index contributed by atoms with van der Waals surface area (Å²) in [5, 5.41) is 23.6. The minimum Gasteiger partial charge on any atom is -0.424 e. The highest BCUT2D eigenvalue weighted by molar-refractivity contribution is 8.00. The summed E-state index contributed by atoms with van der Waals surface area (Å²) in [7, 11) is 0. The lowest BCUT2D eigenvalue weighted by Gasteiger charge is -2.44. The molecule has 21 heteroatoms. The van der Waals surface area contributed by atoms with Crippen molar-refractivity contribution in [2.45, 2.75) is 162 Å². The maximum atomic E-state index is 17.2. The zero-order valence-corrected chi connectivity index (χ0v) is 37.3. The van der Waals surface area contributed by atoms with Crippen LogP contribution in [0.1, 0.15) is 105 Å². The van der Waals surface area contributed by atoms with Crippen LogP contribution in [0.3, 0.4) is 0 Å². The number of fused-ring (bicyclic) bond motifs is 2. The van der Waals surface area contributed by atoms with Crippen LogP contribution in [0.25, 0.3) is 22.3 Å². The number of carbonyl (C=O) groups excluding carboxylic acids is 1. The van der Waals surface area contributed by atoms with Gasteiger partial charge in [0, 0.05) is 10.5 Å². The molecule has 15 nitrogen and oxygen atoms in total. The third kappa shape index (κ3) is 7.53. The maximum Gasteiger partial charge on any atom is 0.509 e. The number of aliphatic hydroxyl groups is 2. The minimum atomic E-state index is -2.13. The zero-order chi connectivity index (χ0) is 42.9. The van der Waals surface area contributed by atoms with Crippen LogP contribution < -0.4 is 0 Å². The summed E-state index contributed by atoms with van der Waals surface area (Å²) in [6, 6.07) is 0. The van der Waals surface area contributed by atoms with Crippen molar-refractivity contribution in [2.24, 2.45) is 10.8 Å². The molecule has 6 heterocycles. The van der Waals surface area contributed by atoms with Gasteiger partial charge in [0.05, 0.1) is 25.9 Å². The molecular weight excluding hydrogens is 866 g/mol. The highest BCUT2D eigenvalue weighted by Gasteiger charge is 2.66. The van der Waals surface area contributed by atoms with E-state index in [4.69, 9.17) is 42.1 Å². The predicted molar refractivity (Wildman–Crippen MR) is 221 cm³/mol. The van der Waals surface area contributed by atoms with Crippen LogP contribution in [0.2, 0.25) is 10.6 Å². The van der Waals surface area contributed by atoms with Gasteiger partial charge in [0.2, 0.25) is 10.6 Å². The van der Waals surface area contributed by atoms with Crippen molar-refractivity contribution in [2.75, 3.05) is 13.2 Å². The smallest absolute Gasteiger partial charge is 0.424 e. The summed E-state index contributed by atoms with van der Waals surface area (Å²) in [6.45, 7) is 8.65. The summed E-state index contributed by atoms with van der Waals surface area (Å²) in [5.74, 6) is 0. The Bertz CT molecular complexity index is 2080. The van der Waals surface area contributed by atoms with Crippen molar-refractivity contribution in [3.8, 4) is 0 Å². The molecule has 2 saturated heterocycles. The Hall–Kier alpha value is -2.65. The Labute approximate surface area is 364 Å². The quantitative estimate of drug-likeness (QED) is 0.0882. The van der Waals surface area contributed by atoms with Gasteiger partial charge in [0.1, 0.15) is 32.3 Å². The number of halogens is 4. The molecule has 328 valence electrons. The first kappa shape index (κ1) is 44.0. The molecule has 8 rings (SSSR count). The number of thioether (sulfide) groups is 2. The zero-order valence-electron chi connectivity index (χ0n) is 34.2. The molecule has 0 spiro atoms. The molecular formula is C39H50Cl2F2N8O7S2. The molecule has 2 saturated carbocycles. The third-order valence-corrected chi connectivity index (χ3v) is 15.6. The van der Waals surface area contributed by atoms with Gasteiger partial charge in [-0.1, -0.05) is 67.2 Å². The van der Waals surface area contributed by atoms with E-state index in [1.807, 2.05) is 0 Å². The molecule has 2 N–H and O–H groups in total. The van der Waals surface area contributed by atoms with Crippen molar-refractivity contribution in [1.29, 1.82) is 0 Å². The van der Waals surface area contributed by atoms with E-state index in [0.29, 0.717) is 31.6 Å². The van der Waals surface area contributed by atoms with Crippen LogP contribution in [0, 0.1) is 10.8 Å². The molecule has 4 fully saturated rings. The average Bonchev–Trinajstić information content (AvgIpc) is 4.04. The Kier molecular flexibility index (Phi) is 12.1. The van der Waals surface area contributed by atoms with Gasteiger partial charge in [-0.05, 0) is 59.7 Å². The summed E-state index contributed by atoms with van der Waals surface area (Å²) in [5.41, 5.74) is -4.61. The van der Waals surface area contributed by atoms with Crippen LogP contribution in [0.4, 0.5) is 13.6 Å². The standard InChI is InChI=1S/C39H50Cl2F2N8O7S2/c1-36(2,3)38(15-52)25(21(42)31(57-38)50-17-44-23-27(50)46-33(40)48-29(23)59-19-11-7-8-12-19)55-35(54)56-26-22(43)32(58-39(26,16-53)37(4,5)6)51-18-45-24-28(51)47-34(41)49-30(24)60-20-13-9-10-14-20/h17-22,25-26,31-32,52-53H,7-16H2,1-6H3/t21-,22-,25-,26-,31+,32+,38+,39+/m0/s1. The topological polar surface area (TPSA) is 182 Å². The van der Waals surface area contributed by atoms with E-state index in [-0.39, 0.29) is 21.9 Å². The second kappa shape index (κ2) is 16.5. The number of hydrogen-bond donors (Lipinski definition) is 2. The molecule has 8 atom stereocenters. The first-order valence-electron chi connectivity index (χ1n) is 20.3. The molecule has 0 bridgehead atoms. The summed E-state index contributed by atoms with van der Waals surface area (Å²) in [4.78, 5) is 40.7. The minimum absolute atomic E-state index is 0.0644. The van der Waals surface area contributed by atoms with E-state index >= 15 is 8.78 Å². The fraction of sp³-hybridized carbons (Fsp3) is 0.718. The molecule has 0 radical (unpaired) electrons. The van der Waals surface area contributed by atoms with Gasteiger partial charge in [0.25, 0.3) is 0 Å². The van der Waals surface area contributed by atoms with Crippen LogP contribution in [0.15, 0.2) is 22.7 Å². The first-order chi connectivity index (χ1) is 28.4. The molecule has 2 aliphatic heterocycles. The molecule has 0 unspecified atom stereocenters. The van der Waals surface area contributed by atoms with E-state index in [0.717, 1.165) is 51.4 Å². The highest BCUT2D eigenvalue weighted by Crippen LogP contribution is 2.53. The second-order valence-corrected chi connectivity index (χ2v) is 21.4. The van der Waals surface area contributed by atoms with Crippen molar-refractivity contribution in [1.82, 2.24) is 39.0 Å². The number of alkyl halides is 2. The van der Waals surface area contributed by atoms with Crippen LogP contribution >= 0.6 is 46.7 Å². The van der Waals surface area contributed by atoms with Crippen molar-refractivity contribution >= 4 is 75.2 Å². The lowest BCUT2D eigenvalue weighted by Crippen LogP contribution is -2.58. The van der Waals surface area contributed by atoms with Gasteiger partial charge in [-0.15, -0.1) is 23.5 Å². The molecule has 2 aliphatic carbocycles. The molecule has 4 aromatic heterocycles. The fourth-order valence-corrected chi connectivity index (χ4v) is 12.0. The number of carbonyl (C=O) groups is 1. The van der Waals surface area contributed by atoms with Gasteiger partial charge < -0.3 is 29.2 Å². The first-order valence-corrected chi connectivity index (χ1v) is 22.8. The Morgan fingerprint density at radius 3 is 1.43 bits per heavy atom. The number of rotatable bonds is 10. The lowest BCUT2D eigenvalue weighted by molar-refractivity contribution is -0.198. The number of aromatic nitrogens is 8. The number of imidazole rings is 2. The van der Waals surface area contributed by atoms with Gasteiger partial charge in [-0.2, -0.15) is 9.97 Å². The maximum absolute atomic E-state index is 17.2. The lowest BCUT2D eigenvalue weighted by atomic mass is 9.73. The molecule has 0 aromatic carbocycles. The van der Waals surface area contributed by atoms with Crippen LogP contribution in [-0.2, 0) is 18.9 Å². The third-order valence-electron chi connectivity index (χ3n) is 12.6. The van der Waals surface area contributed by atoms with E-state index < -0.39 is 78.4 Å². The summed E-state index contributed by atoms with van der Waals surface area (Å²) >= 11 is 15.9. The molecule has 60 heavy (non-hydrogen) atoms. The van der Waals surface area contributed by atoms with Crippen LogP contribution in [-0.4, -0.2) is 115 Å². The number of ether oxygens (including phenoxy) is 4. The molecule has 4 aliphatic rings. The van der Waals surface area contributed by atoms with Gasteiger partial charge in [-0.25, -0.2) is 33.5 Å². The largest absolute Gasteiger partial charge is 0.509 e. The Morgan fingerprint density at radius 2 is 1.10 bits per heavy atom. The summed E-state index contributed by atoms with van der Waals surface area (Å²) in [6.07, 6.45) is -1.10. The predicted octanol–water partition coefficient (Wildman–Crippen LogP) is 8.22. The molecule has 0 amide bonds. The van der Waals surface area contributed by atoms with Gasteiger partial charge >= 0.3 is 6.16 Å². The Morgan fingerprint density at radius 1 is 0.733 bits per heavy atom. The summed E-state index contributed by atoms with van der Waals surface area (Å²) < 4.78 is 61.4. The van der Waals surface area contributed by atoms with E-state index in [1.54, 1.807) is 65.1 Å². The highest BCUT2D eigenvalue weighted by atomic mass is 35.5. The van der Waals surface area contributed by atoms with E-state index in [2.05, 4.69) is 29.9 Å². The van der Waals surface area contributed by atoms with Crippen LogP contribution in [0.5, 0.6) is 0 Å². The Balaban J connectivity index is 1.09. The van der Waals surface area contributed by atoms with Crippen molar-refractivity contribution < 1.29 is 42.7 Å². The van der Waals surface area contributed by atoms with Gasteiger partial charge in [0.15, 0.2) is 48.3 Å². The fourth-order valence-electron chi connectivity index (χ4n) is 9.02.